The fourth-order valence-corrected chi connectivity index (χ4v) is 7.03. The number of nitrogens with one attached hydrogen (secondary N) is 1. The summed E-state index contributed by atoms with van der Waals surface area (Å²) in [6.07, 6.45) is 20.3. The summed E-state index contributed by atoms with van der Waals surface area (Å²) in [7, 11) is 14.7. The van der Waals surface area contributed by atoms with Crippen molar-refractivity contribution >= 4 is 63.0 Å². The van der Waals surface area contributed by atoms with Gasteiger partial charge in [-0.1, -0.05) is 76.2 Å². The number of amides is 2. The summed E-state index contributed by atoms with van der Waals surface area (Å²) in [5.41, 5.74) is 6.90. The molecule has 0 aliphatic rings. The van der Waals surface area contributed by atoms with Gasteiger partial charge in [0.1, 0.15) is 7.05 Å². The van der Waals surface area contributed by atoms with Crippen LogP contribution in [-0.2, 0) is 16.6 Å². The molecule has 0 atom stereocenters. The first-order valence-electron chi connectivity index (χ1n) is 17.8. The molecule has 3 rings (SSSR count). The van der Waals surface area contributed by atoms with E-state index in [1.807, 2.05) is 64.4 Å². The van der Waals surface area contributed by atoms with E-state index in [-0.39, 0.29) is 11.8 Å². The predicted molar refractivity (Wildman–Crippen MR) is 226 cm³/mol. The quantitative estimate of drug-likeness (QED) is 0.0545. The molecule has 1 N–H and O–H groups in total. The highest BCUT2D eigenvalue weighted by Gasteiger charge is 2.13. The number of pyridine rings is 1. The second-order valence-electron chi connectivity index (χ2n) is 12.8. The van der Waals surface area contributed by atoms with Crippen LogP contribution < -0.4 is 19.7 Å². The minimum atomic E-state index is 0.0831. The van der Waals surface area contributed by atoms with E-state index in [0.717, 1.165) is 54.0 Å². The number of nitrogens with zero attached hydrogens (tertiary/aromatic N) is 5. The first-order chi connectivity index (χ1) is 25.1. The Bertz CT molecular complexity index is 1640. The molecule has 0 saturated carbocycles. The average molecular weight is 742 g/mol. The number of aryl methyl sites for hydroxylation is 1. The largest absolute Gasteiger partial charge is 0.394 e. The first kappa shape index (κ1) is 42.0. The van der Waals surface area contributed by atoms with Crippen LogP contribution in [0.4, 0.5) is 11.4 Å². The fraction of sp³-hybridized carbons (Fsp3) is 0.357. The lowest BCUT2D eigenvalue weighted by Gasteiger charge is -2.22. The topological polar surface area (TPSA) is 63.0 Å². The zero-order valence-corrected chi connectivity index (χ0v) is 33.6. The molecule has 0 radical (unpaired) electrons. The van der Waals surface area contributed by atoms with Crippen LogP contribution >= 0.6 is 21.6 Å². The van der Waals surface area contributed by atoms with E-state index >= 15 is 0 Å². The van der Waals surface area contributed by atoms with Crippen LogP contribution in [0.3, 0.4) is 0 Å². The summed E-state index contributed by atoms with van der Waals surface area (Å²) in [4.78, 5) is 33.4. The lowest BCUT2D eigenvalue weighted by atomic mass is 10.1. The van der Waals surface area contributed by atoms with Crippen LogP contribution in [0.25, 0.3) is 18.2 Å². The summed E-state index contributed by atoms with van der Waals surface area (Å²) in [6, 6.07) is 21.2. The SMILES string of the molecule is CC=C(C=CNC)C=Cc1ccc(N(C)CCCN(C)C(=O)CSSCC(=O)N(C)CCCN(C)c2ccc(C=Cc3cc[n+](C)cc3)cc2)cc1. The van der Waals surface area contributed by atoms with Crippen LogP contribution in [-0.4, -0.2) is 94.5 Å². The van der Waals surface area contributed by atoms with Gasteiger partial charge in [0, 0.05) is 84.9 Å². The molecule has 0 aliphatic carbocycles. The van der Waals surface area contributed by atoms with E-state index in [2.05, 4.69) is 120 Å². The molecule has 0 unspecified atom stereocenters. The Hall–Kier alpha value is -4.41. The number of allylic oxidation sites excluding steroid dienone is 4. The molecule has 8 nitrogen and oxygen atoms in total. The highest BCUT2D eigenvalue weighted by molar-refractivity contribution is 8.77. The van der Waals surface area contributed by atoms with Crippen molar-refractivity contribution in [2.75, 3.05) is 82.7 Å². The van der Waals surface area contributed by atoms with E-state index in [0.29, 0.717) is 24.6 Å². The number of benzene rings is 2. The molecule has 1 heterocycles. The van der Waals surface area contributed by atoms with Crippen molar-refractivity contribution in [3.05, 3.63) is 120 Å². The second-order valence-corrected chi connectivity index (χ2v) is 15.2. The normalized spacial score (nSPS) is 11.8. The Morgan fingerprint density at radius 1 is 0.654 bits per heavy atom. The summed E-state index contributed by atoms with van der Waals surface area (Å²) < 4.78 is 2.02. The van der Waals surface area contributed by atoms with Gasteiger partial charge < -0.3 is 24.9 Å². The van der Waals surface area contributed by atoms with Gasteiger partial charge in [-0.3, -0.25) is 9.59 Å². The number of carbonyl (C=O) groups is 2. The zero-order valence-electron chi connectivity index (χ0n) is 32.0. The maximum Gasteiger partial charge on any atom is 0.233 e. The molecule has 0 saturated heterocycles. The van der Waals surface area contributed by atoms with E-state index in [9.17, 15) is 9.59 Å². The lowest BCUT2D eigenvalue weighted by Crippen LogP contribution is -2.32. The van der Waals surface area contributed by atoms with Gasteiger partial charge in [0.2, 0.25) is 11.8 Å². The maximum atomic E-state index is 12.7. The van der Waals surface area contributed by atoms with Gasteiger partial charge in [-0.25, -0.2) is 4.57 Å². The molecule has 3 aromatic rings. The molecular weight excluding hydrogens is 685 g/mol. The monoisotopic (exact) mass is 741 g/mol. The minimum absolute atomic E-state index is 0.0831. The van der Waals surface area contributed by atoms with Gasteiger partial charge >= 0.3 is 0 Å². The third-order valence-corrected chi connectivity index (χ3v) is 10.8. The Morgan fingerprint density at radius 2 is 1.10 bits per heavy atom. The molecule has 0 fully saturated rings. The molecule has 0 aliphatic heterocycles. The molecule has 52 heavy (non-hydrogen) atoms. The van der Waals surface area contributed by atoms with Crippen molar-refractivity contribution in [2.45, 2.75) is 19.8 Å². The molecular formula is C42H57N6O2S2+. The molecule has 278 valence electrons. The Kier molecular flexibility index (Phi) is 18.8. The lowest BCUT2D eigenvalue weighted by molar-refractivity contribution is -0.671. The first-order valence-corrected chi connectivity index (χ1v) is 20.2. The minimum Gasteiger partial charge on any atom is -0.394 e. The van der Waals surface area contributed by atoms with Crippen molar-refractivity contribution in [3.63, 3.8) is 0 Å². The van der Waals surface area contributed by atoms with Gasteiger partial charge in [0.05, 0.1) is 11.5 Å². The van der Waals surface area contributed by atoms with Crippen LogP contribution in [0.15, 0.2) is 103 Å². The van der Waals surface area contributed by atoms with Crippen molar-refractivity contribution < 1.29 is 14.2 Å². The van der Waals surface area contributed by atoms with Gasteiger partial charge in [-0.15, -0.1) is 0 Å². The van der Waals surface area contributed by atoms with Crippen LogP contribution in [0, 0.1) is 0 Å². The predicted octanol–water partition coefficient (Wildman–Crippen LogP) is 7.03. The third-order valence-electron chi connectivity index (χ3n) is 8.66. The Balaban J connectivity index is 1.26. The average Bonchev–Trinajstić information content (AvgIpc) is 3.16. The smallest absolute Gasteiger partial charge is 0.233 e. The third kappa shape index (κ3) is 15.5. The summed E-state index contributed by atoms with van der Waals surface area (Å²) in [6.45, 7) is 5.10. The van der Waals surface area contributed by atoms with E-state index in [1.54, 1.807) is 9.80 Å². The number of aromatic nitrogens is 1. The number of anilines is 2. The van der Waals surface area contributed by atoms with Crippen LogP contribution in [0.2, 0.25) is 0 Å². The molecule has 1 aromatic heterocycles. The summed E-state index contributed by atoms with van der Waals surface area (Å²) in [5.74, 6) is 0.876. The summed E-state index contributed by atoms with van der Waals surface area (Å²) in [5, 5.41) is 3.02. The van der Waals surface area contributed by atoms with Crippen molar-refractivity contribution in [1.29, 1.82) is 0 Å². The number of rotatable bonds is 21. The van der Waals surface area contributed by atoms with Crippen molar-refractivity contribution in [1.82, 2.24) is 15.1 Å². The van der Waals surface area contributed by atoms with E-state index in [1.165, 1.54) is 27.2 Å². The van der Waals surface area contributed by atoms with E-state index in [4.69, 9.17) is 0 Å². The fourth-order valence-electron chi connectivity index (χ4n) is 5.12. The number of hydrogen-bond donors (Lipinski definition) is 1. The number of carbonyl (C=O) groups excluding carboxylic acids is 2. The molecule has 0 spiro atoms. The van der Waals surface area contributed by atoms with Gasteiger partial charge in [-0.05, 0) is 78.6 Å². The standard InChI is InChI=1S/C42H57N6O2S2/c1-8-35(23-26-43-2)11-12-36-15-19-39(20-16-36)45(4)27-9-29-47(6)41(49)33-51-52-34-42(50)48(7)30-10-28-46(5)40-21-17-37(18-22-40)13-14-38-24-31-44(3)32-25-38/h8,11-26,31-32,43H,9-10,27-30,33-34H2,1-7H3/q+1. The van der Waals surface area contributed by atoms with Crippen LogP contribution in [0.1, 0.15) is 36.5 Å². The Morgan fingerprint density at radius 3 is 1.54 bits per heavy atom. The Labute approximate surface area is 320 Å². The van der Waals surface area contributed by atoms with Gasteiger partial charge in [-0.2, -0.15) is 0 Å². The van der Waals surface area contributed by atoms with E-state index < -0.39 is 0 Å². The van der Waals surface area contributed by atoms with Gasteiger partial charge in [0.25, 0.3) is 0 Å². The summed E-state index contributed by atoms with van der Waals surface area (Å²) >= 11 is 0. The number of hydrogen-bond acceptors (Lipinski definition) is 7. The molecule has 10 heteroatoms. The molecule has 0 bridgehead atoms. The van der Waals surface area contributed by atoms with Gasteiger partial charge in [0.15, 0.2) is 12.4 Å². The van der Waals surface area contributed by atoms with Crippen molar-refractivity contribution in [3.8, 4) is 0 Å². The molecule has 2 amide bonds. The maximum absolute atomic E-state index is 12.7. The van der Waals surface area contributed by atoms with Crippen molar-refractivity contribution in [2.24, 2.45) is 7.05 Å². The highest BCUT2D eigenvalue weighted by Crippen LogP contribution is 2.22. The molecule has 2 aromatic carbocycles. The highest BCUT2D eigenvalue weighted by atomic mass is 33.1. The second kappa shape index (κ2) is 23.2. The zero-order chi connectivity index (χ0) is 37.7. The van der Waals surface area contributed by atoms with Crippen LogP contribution in [0.5, 0.6) is 0 Å².